The van der Waals surface area contributed by atoms with Gasteiger partial charge in [-0.05, 0) is 150 Å². The summed E-state index contributed by atoms with van der Waals surface area (Å²) in [7, 11) is 0. The molecule has 0 radical (unpaired) electrons. The standard InChI is InChI=1S/C40H52N4O2/c1-5-41-29-9-10-30-42(6-2)34-15-25-39(26-16-34)46-40-27-19-36(20-28-40)44(8-4)32-12-11-31-43(7-3)35-17-23-38(24-18-35)45-37-21-13-33(41)14-22-37/h13-28H,5-12,29-32H2,1-4H3. The van der Waals surface area contributed by atoms with Gasteiger partial charge in [-0.25, -0.2) is 0 Å². The highest BCUT2D eigenvalue weighted by Crippen LogP contribution is 2.29. The van der Waals surface area contributed by atoms with E-state index in [2.05, 4.69) is 144 Å². The summed E-state index contributed by atoms with van der Waals surface area (Å²) in [6.45, 7) is 17.0. The summed E-state index contributed by atoms with van der Waals surface area (Å²) < 4.78 is 12.5. The SMILES string of the molecule is CCN1CCCCN(CC)c2ccc(cc2)Oc2ccc(cc2)N(CC)CCCCN(CC)c2ccc(cc2)Oc2ccc1cc2. The van der Waals surface area contributed by atoms with E-state index in [0.29, 0.717) is 0 Å². The highest BCUT2D eigenvalue weighted by Gasteiger charge is 2.11. The average molecular weight is 621 g/mol. The van der Waals surface area contributed by atoms with E-state index in [0.717, 1.165) is 101 Å². The number of hydrogen-bond acceptors (Lipinski definition) is 6. The van der Waals surface area contributed by atoms with Gasteiger partial charge >= 0.3 is 0 Å². The maximum Gasteiger partial charge on any atom is 0.127 e. The Morgan fingerprint density at radius 3 is 0.717 bits per heavy atom. The van der Waals surface area contributed by atoms with Crippen molar-refractivity contribution in [3.8, 4) is 23.0 Å². The molecule has 46 heavy (non-hydrogen) atoms. The van der Waals surface area contributed by atoms with Crippen LogP contribution in [0.15, 0.2) is 97.1 Å². The molecule has 0 fully saturated rings. The van der Waals surface area contributed by atoms with E-state index in [-0.39, 0.29) is 0 Å². The first-order valence-corrected chi connectivity index (χ1v) is 17.4. The first-order valence-electron chi connectivity index (χ1n) is 17.4. The van der Waals surface area contributed by atoms with Crippen molar-refractivity contribution < 1.29 is 9.47 Å². The first kappa shape index (κ1) is 33.1. The van der Waals surface area contributed by atoms with Crippen LogP contribution in [0.3, 0.4) is 0 Å². The van der Waals surface area contributed by atoms with Crippen LogP contribution in [-0.2, 0) is 0 Å². The molecule has 11 rings (SSSR count). The summed E-state index contributed by atoms with van der Waals surface area (Å²) >= 11 is 0. The average Bonchev–Trinajstić information content (AvgIpc) is 3.10. The minimum Gasteiger partial charge on any atom is -0.457 e. The van der Waals surface area contributed by atoms with Gasteiger partial charge in [0, 0.05) is 75.1 Å². The Morgan fingerprint density at radius 2 is 0.543 bits per heavy atom. The highest BCUT2D eigenvalue weighted by molar-refractivity contribution is 5.53. The molecule has 0 saturated heterocycles. The number of hydrogen-bond donors (Lipinski definition) is 0. The molecule has 244 valence electrons. The second-order valence-electron chi connectivity index (χ2n) is 11.9. The molecule has 7 heterocycles. The lowest BCUT2D eigenvalue weighted by Gasteiger charge is -2.26. The van der Waals surface area contributed by atoms with Gasteiger partial charge in [-0.15, -0.1) is 0 Å². The Bertz CT molecular complexity index is 1220. The summed E-state index contributed by atoms with van der Waals surface area (Å²) in [6.07, 6.45) is 4.54. The van der Waals surface area contributed by atoms with E-state index in [1.165, 1.54) is 22.7 Å². The minimum absolute atomic E-state index is 0.865. The van der Waals surface area contributed by atoms with Crippen molar-refractivity contribution in [2.24, 2.45) is 0 Å². The fourth-order valence-corrected chi connectivity index (χ4v) is 6.26. The normalized spacial score (nSPS) is 15.2. The third-order valence-corrected chi connectivity index (χ3v) is 9.02. The molecule has 0 atom stereocenters. The van der Waals surface area contributed by atoms with Gasteiger partial charge in [0.25, 0.3) is 0 Å². The Morgan fingerprint density at radius 1 is 0.348 bits per heavy atom. The van der Waals surface area contributed by atoms with Crippen molar-refractivity contribution in [1.82, 2.24) is 0 Å². The largest absolute Gasteiger partial charge is 0.457 e. The summed E-state index contributed by atoms with van der Waals surface area (Å²) in [4.78, 5) is 9.80. The van der Waals surface area contributed by atoms with Gasteiger partial charge in [0.15, 0.2) is 0 Å². The van der Waals surface area contributed by atoms with Crippen molar-refractivity contribution in [3.05, 3.63) is 97.1 Å². The van der Waals surface area contributed by atoms with Gasteiger partial charge in [-0.3, -0.25) is 0 Å². The molecule has 0 unspecified atom stereocenters. The van der Waals surface area contributed by atoms with Crippen LogP contribution < -0.4 is 29.1 Å². The van der Waals surface area contributed by atoms with Gasteiger partial charge in [0.05, 0.1) is 0 Å². The molecular formula is C40H52N4O2. The maximum absolute atomic E-state index is 6.23. The predicted molar refractivity (Wildman–Crippen MR) is 196 cm³/mol. The highest BCUT2D eigenvalue weighted by atomic mass is 16.5. The molecule has 6 heteroatoms. The predicted octanol–water partition coefficient (Wildman–Crippen LogP) is 9.85. The number of nitrogens with zero attached hydrogens (tertiary/aromatic N) is 4. The van der Waals surface area contributed by atoms with Crippen LogP contribution in [0.4, 0.5) is 22.7 Å². The zero-order valence-electron chi connectivity index (χ0n) is 28.3. The Hall–Kier alpha value is -4.32. The molecule has 6 nitrogen and oxygen atoms in total. The van der Waals surface area contributed by atoms with Crippen LogP contribution in [0.2, 0.25) is 0 Å². The minimum atomic E-state index is 0.865. The number of ether oxygens (including phenoxy) is 2. The zero-order chi connectivity index (χ0) is 32.1. The van der Waals surface area contributed by atoms with Crippen LogP contribution >= 0.6 is 0 Å². The number of anilines is 4. The monoisotopic (exact) mass is 620 g/mol. The zero-order valence-corrected chi connectivity index (χ0v) is 28.3. The molecule has 0 aliphatic carbocycles. The van der Waals surface area contributed by atoms with Gasteiger partial charge in [0.1, 0.15) is 23.0 Å². The maximum atomic E-state index is 6.23. The van der Waals surface area contributed by atoms with E-state index in [4.69, 9.17) is 9.47 Å². The van der Waals surface area contributed by atoms with E-state index in [1.54, 1.807) is 0 Å². The van der Waals surface area contributed by atoms with Gasteiger partial charge in [-0.2, -0.15) is 0 Å². The molecule has 0 amide bonds. The third kappa shape index (κ3) is 8.90. The molecule has 4 aromatic carbocycles. The van der Waals surface area contributed by atoms with Crippen molar-refractivity contribution >= 4 is 22.7 Å². The molecule has 0 N–H and O–H groups in total. The van der Waals surface area contributed by atoms with Crippen molar-refractivity contribution in [2.45, 2.75) is 53.4 Å². The van der Waals surface area contributed by atoms with E-state index in [1.807, 2.05) is 0 Å². The molecule has 4 aromatic rings. The fourth-order valence-electron chi connectivity index (χ4n) is 6.26. The van der Waals surface area contributed by atoms with Crippen molar-refractivity contribution in [1.29, 1.82) is 0 Å². The second-order valence-corrected chi connectivity index (χ2v) is 11.9. The second kappa shape index (κ2) is 16.8. The lowest BCUT2D eigenvalue weighted by Crippen LogP contribution is -2.27. The van der Waals surface area contributed by atoms with Crippen LogP contribution in [0, 0.1) is 0 Å². The smallest absolute Gasteiger partial charge is 0.127 e. The lowest BCUT2D eigenvalue weighted by atomic mass is 10.2. The van der Waals surface area contributed by atoms with Crippen LogP contribution in [0.5, 0.6) is 23.0 Å². The molecular weight excluding hydrogens is 568 g/mol. The topological polar surface area (TPSA) is 31.4 Å². The summed E-state index contributed by atoms with van der Waals surface area (Å²) in [5, 5.41) is 0. The Balaban J connectivity index is 1.31. The lowest BCUT2D eigenvalue weighted by molar-refractivity contribution is 0.482. The van der Waals surface area contributed by atoms with Gasteiger partial charge in [-0.1, -0.05) is 0 Å². The summed E-state index contributed by atoms with van der Waals surface area (Å²) in [5.74, 6) is 3.46. The van der Waals surface area contributed by atoms with Gasteiger partial charge in [0.2, 0.25) is 0 Å². The first-order chi connectivity index (χ1) is 22.6. The Kier molecular flexibility index (Phi) is 12.1. The molecule has 0 saturated carbocycles. The fraction of sp³-hybridized carbons (Fsp3) is 0.400. The number of benzene rings is 4. The van der Waals surface area contributed by atoms with Crippen LogP contribution in [0.1, 0.15) is 53.4 Å². The summed E-state index contributed by atoms with van der Waals surface area (Å²) in [6, 6.07) is 34.1. The Labute approximate surface area is 277 Å². The van der Waals surface area contributed by atoms with Crippen LogP contribution in [0.25, 0.3) is 0 Å². The third-order valence-electron chi connectivity index (χ3n) is 9.02. The quantitative estimate of drug-likeness (QED) is 0.226. The molecule has 8 bridgehead atoms. The molecule has 7 aliphatic rings. The van der Waals surface area contributed by atoms with Crippen molar-refractivity contribution in [2.75, 3.05) is 72.0 Å². The summed E-state index contributed by atoms with van der Waals surface area (Å²) in [5.41, 5.74) is 4.96. The molecule has 0 spiro atoms. The van der Waals surface area contributed by atoms with Crippen LogP contribution in [-0.4, -0.2) is 52.4 Å². The van der Waals surface area contributed by atoms with E-state index < -0.39 is 0 Å². The van der Waals surface area contributed by atoms with E-state index in [9.17, 15) is 0 Å². The van der Waals surface area contributed by atoms with Gasteiger partial charge < -0.3 is 29.1 Å². The molecule has 7 aliphatic heterocycles. The van der Waals surface area contributed by atoms with Crippen molar-refractivity contribution in [3.63, 3.8) is 0 Å². The molecule has 0 aromatic heterocycles. The van der Waals surface area contributed by atoms with E-state index >= 15 is 0 Å². The number of rotatable bonds is 4.